The molecule has 9 heteroatoms. The summed E-state index contributed by atoms with van der Waals surface area (Å²) in [5, 5.41) is 9.43. The van der Waals surface area contributed by atoms with E-state index in [0.717, 1.165) is 0 Å². The van der Waals surface area contributed by atoms with Crippen LogP contribution in [0.2, 0.25) is 0 Å². The first-order valence-corrected chi connectivity index (χ1v) is 8.00. The van der Waals surface area contributed by atoms with Crippen LogP contribution < -0.4 is 5.73 Å². The number of rotatable bonds is 7. The quantitative estimate of drug-likeness (QED) is 0.360. The van der Waals surface area contributed by atoms with E-state index in [1.54, 1.807) is 35.4 Å². The van der Waals surface area contributed by atoms with Crippen molar-refractivity contribution < 1.29 is 19.4 Å². The Morgan fingerprint density at radius 3 is 2.85 bits per heavy atom. The highest BCUT2D eigenvalue weighted by Gasteiger charge is 2.18. The molecule has 0 aliphatic carbocycles. The Morgan fingerprint density at radius 2 is 2.15 bits per heavy atom. The van der Waals surface area contributed by atoms with E-state index < -0.39 is 5.97 Å². The highest BCUT2D eigenvalue weighted by atomic mass is 16.5. The van der Waals surface area contributed by atoms with Crippen molar-refractivity contribution in [3.05, 3.63) is 42.1 Å². The summed E-state index contributed by atoms with van der Waals surface area (Å²) in [6, 6.07) is 3.29. The summed E-state index contributed by atoms with van der Waals surface area (Å²) in [6.45, 7) is 0.525. The predicted octanol–water partition coefficient (Wildman–Crippen LogP) is 0.736. The Hall–Kier alpha value is -3.04. The summed E-state index contributed by atoms with van der Waals surface area (Å²) in [5.41, 5.74) is 7.98. The van der Waals surface area contributed by atoms with Crippen molar-refractivity contribution in [2.24, 2.45) is 0 Å². The number of aromatic nitrogens is 4. The lowest BCUT2D eigenvalue weighted by Crippen LogP contribution is -2.11. The highest BCUT2D eigenvalue weighted by Crippen LogP contribution is 2.28. The maximum atomic E-state index is 11.9. The van der Waals surface area contributed by atoms with Gasteiger partial charge in [-0.15, -0.1) is 0 Å². The van der Waals surface area contributed by atoms with Gasteiger partial charge in [0.25, 0.3) is 0 Å². The van der Waals surface area contributed by atoms with E-state index in [1.165, 1.54) is 7.11 Å². The number of hydrogen-bond donors (Lipinski definition) is 2. The lowest BCUT2D eigenvalue weighted by Gasteiger charge is -2.13. The average Bonchev–Trinajstić information content (AvgIpc) is 3.19. The second-order valence-corrected chi connectivity index (χ2v) is 5.44. The number of nitrogen functional groups attached to an aromatic ring is 1. The Bertz CT molecular complexity index is 911. The number of esters is 1. The molecule has 3 aromatic rings. The van der Waals surface area contributed by atoms with Crippen LogP contribution in [0.1, 0.15) is 16.1 Å². The Morgan fingerprint density at radius 1 is 1.31 bits per heavy atom. The molecule has 0 fully saturated rings. The molecule has 0 bridgehead atoms. The number of imidazole rings is 1. The number of anilines is 1. The Kier molecular flexibility index (Phi) is 5.40. The number of methoxy groups -OCH3 is 1. The minimum Gasteiger partial charge on any atom is -0.465 e. The molecule has 2 heterocycles. The topological polar surface area (TPSA) is 125 Å². The molecule has 9 nitrogen and oxygen atoms in total. The fourth-order valence-electron chi connectivity index (χ4n) is 2.61. The maximum Gasteiger partial charge on any atom is 0.339 e. The molecule has 0 saturated heterocycles. The van der Waals surface area contributed by atoms with Gasteiger partial charge in [-0.2, -0.15) is 0 Å². The van der Waals surface area contributed by atoms with E-state index >= 15 is 0 Å². The number of hydrogen-bond acceptors (Lipinski definition) is 8. The van der Waals surface area contributed by atoms with Crippen LogP contribution in [-0.4, -0.2) is 57.5 Å². The van der Waals surface area contributed by atoms with Gasteiger partial charge < -0.3 is 20.3 Å². The van der Waals surface area contributed by atoms with Crippen LogP contribution in [0.3, 0.4) is 0 Å². The van der Waals surface area contributed by atoms with Gasteiger partial charge in [-0.05, 0) is 12.1 Å². The highest BCUT2D eigenvalue weighted by molar-refractivity contribution is 6.05. The molecule has 26 heavy (non-hydrogen) atoms. The molecular weight excluding hydrogens is 338 g/mol. The number of carbonyl (C=O) groups is 1. The third-order valence-corrected chi connectivity index (χ3v) is 3.83. The number of ether oxygens (including phenoxy) is 2. The van der Waals surface area contributed by atoms with E-state index in [1.807, 2.05) is 0 Å². The molecule has 0 radical (unpaired) electrons. The van der Waals surface area contributed by atoms with Crippen molar-refractivity contribution in [3.63, 3.8) is 0 Å². The van der Waals surface area contributed by atoms with Crippen molar-refractivity contribution in [2.45, 2.75) is 6.42 Å². The molecule has 0 amide bonds. The van der Waals surface area contributed by atoms with E-state index in [4.69, 9.17) is 20.3 Å². The molecule has 0 saturated carbocycles. The summed E-state index contributed by atoms with van der Waals surface area (Å²) >= 11 is 0. The third kappa shape index (κ3) is 3.48. The maximum absolute atomic E-state index is 11.9. The van der Waals surface area contributed by atoms with Crippen molar-refractivity contribution in [1.29, 1.82) is 0 Å². The van der Waals surface area contributed by atoms with Crippen molar-refractivity contribution in [3.8, 4) is 5.95 Å². The van der Waals surface area contributed by atoms with Crippen LogP contribution in [0.4, 0.5) is 5.69 Å². The van der Waals surface area contributed by atoms with Gasteiger partial charge in [0.1, 0.15) is 6.33 Å². The molecular formula is C17H19N5O4. The SMILES string of the molecule is COC(=O)c1ccc2nc(-n3ccnc3)nc(CCOCCO)c2c1N. The van der Waals surface area contributed by atoms with Crippen LogP contribution in [0.15, 0.2) is 30.9 Å². The van der Waals surface area contributed by atoms with E-state index in [-0.39, 0.29) is 24.5 Å². The monoisotopic (exact) mass is 357 g/mol. The number of nitrogens with zero attached hydrogens (tertiary/aromatic N) is 4. The Labute approximate surface area is 149 Å². The van der Waals surface area contributed by atoms with Crippen LogP contribution in [0, 0.1) is 0 Å². The van der Waals surface area contributed by atoms with Crippen LogP contribution >= 0.6 is 0 Å². The summed E-state index contributed by atoms with van der Waals surface area (Å²) in [4.78, 5) is 25.0. The standard InChI is InChI=1S/C17H19N5O4/c1-25-16(24)11-2-3-12-14(15(11)18)13(4-8-26-9-7-23)21-17(20-12)22-6-5-19-10-22/h2-3,5-6,10,23H,4,7-9,18H2,1H3. The van der Waals surface area contributed by atoms with Crippen molar-refractivity contribution >= 4 is 22.6 Å². The second kappa shape index (κ2) is 7.89. The summed E-state index contributed by atoms with van der Waals surface area (Å²) in [5.74, 6) is -0.0806. The van der Waals surface area contributed by atoms with E-state index in [0.29, 0.717) is 35.6 Å². The van der Waals surface area contributed by atoms with Crippen LogP contribution in [-0.2, 0) is 15.9 Å². The minimum atomic E-state index is -0.523. The largest absolute Gasteiger partial charge is 0.465 e. The van der Waals surface area contributed by atoms with Gasteiger partial charge in [-0.1, -0.05) is 0 Å². The van der Waals surface area contributed by atoms with Gasteiger partial charge in [-0.25, -0.2) is 19.7 Å². The smallest absolute Gasteiger partial charge is 0.339 e. The van der Waals surface area contributed by atoms with Crippen LogP contribution in [0.5, 0.6) is 0 Å². The zero-order valence-electron chi connectivity index (χ0n) is 14.3. The number of fused-ring (bicyclic) bond motifs is 1. The first-order chi connectivity index (χ1) is 12.7. The minimum absolute atomic E-state index is 0.0561. The lowest BCUT2D eigenvalue weighted by atomic mass is 10.0. The molecule has 0 atom stereocenters. The predicted molar refractivity (Wildman–Crippen MR) is 94.0 cm³/mol. The zero-order chi connectivity index (χ0) is 18.5. The summed E-state index contributed by atoms with van der Waals surface area (Å²) in [6.07, 6.45) is 5.40. The van der Waals surface area contributed by atoms with Crippen molar-refractivity contribution in [1.82, 2.24) is 19.5 Å². The second-order valence-electron chi connectivity index (χ2n) is 5.44. The molecule has 1 aromatic carbocycles. The first kappa shape index (κ1) is 17.8. The molecule has 2 aromatic heterocycles. The number of benzene rings is 1. The molecule has 0 spiro atoms. The number of aliphatic hydroxyl groups excluding tert-OH is 1. The fourth-order valence-corrected chi connectivity index (χ4v) is 2.61. The van der Waals surface area contributed by atoms with Gasteiger partial charge >= 0.3 is 5.97 Å². The van der Waals surface area contributed by atoms with Gasteiger partial charge in [0, 0.05) is 24.2 Å². The third-order valence-electron chi connectivity index (χ3n) is 3.83. The fraction of sp³-hybridized carbons (Fsp3) is 0.294. The van der Waals surface area contributed by atoms with Crippen molar-refractivity contribution in [2.75, 3.05) is 32.7 Å². The molecule has 0 aliphatic heterocycles. The number of nitrogens with two attached hydrogens (primary N) is 1. The van der Waals surface area contributed by atoms with Gasteiger partial charge in [-0.3, -0.25) is 4.57 Å². The number of carbonyl (C=O) groups excluding carboxylic acids is 1. The molecule has 3 N–H and O–H groups in total. The van der Waals surface area contributed by atoms with E-state index in [9.17, 15) is 4.79 Å². The Balaban J connectivity index is 2.11. The van der Waals surface area contributed by atoms with Gasteiger partial charge in [0.15, 0.2) is 0 Å². The lowest BCUT2D eigenvalue weighted by molar-refractivity contribution is 0.0602. The average molecular weight is 357 g/mol. The van der Waals surface area contributed by atoms with Crippen LogP contribution in [0.25, 0.3) is 16.9 Å². The molecule has 0 aliphatic rings. The molecule has 3 rings (SSSR count). The zero-order valence-corrected chi connectivity index (χ0v) is 14.3. The number of aliphatic hydroxyl groups is 1. The normalized spacial score (nSPS) is 11.0. The van der Waals surface area contributed by atoms with Gasteiger partial charge in [0.05, 0.1) is 49.4 Å². The van der Waals surface area contributed by atoms with Gasteiger partial charge in [0.2, 0.25) is 5.95 Å². The first-order valence-electron chi connectivity index (χ1n) is 8.00. The molecule has 0 unspecified atom stereocenters. The molecule has 136 valence electrons. The van der Waals surface area contributed by atoms with E-state index in [2.05, 4.69) is 15.0 Å². The summed E-state index contributed by atoms with van der Waals surface area (Å²) in [7, 11) is 1.30. The summed E-state index contributed by atoms with van der Waals surface area (Å²) < 4.78 is 11.8.